The second-order valence-corrected chi connectivity index (χ2v) is 3.42. The first-order valence-corrected chi connectivity index (χ1v) is 7.70. The van der Waals surface area contributed by atoms with Crippen molar-refractivity contribution in [3.05, 3.63) is 0 Å². The maximum absolute atomic E-state index is 8.53. The third-order valence-electron chi connectivity index (χ3n) is 0. The molecule has 240 valence electrons. The Morgan fingerprint density at radius 1 is 0.190 bits per heavy atom. The Kier molecular flexibility index (Phi) is 142. The van der Waals surface area contributed by atoms with Gasteiger partial charge in [0, 0.05) is 0 Å². The zero-order valence-electron chi connectivity index (χ0n) is 21.1. The summed E-state index contributed by atoms with van der Waals surface area (Å²) in [6.07, 6.45) is 0. The zero-order valence-corrected chi connectivity index (χ0v) is 27.4. The van der Waals surface area contributed by atoms with E-state index < -0.39 is 73.2 Å². The van der Waals surface area contributed by atoms with E-state index in [2.05, 4.69) is 0 Å². The van der Waals surface area contributed by atoms with Crippen molar-refractivity contribution in [2.75, 3.05) is 0 Å². The van der Waals surface area contributed by atoms with Gasteiger partial charge >= 0.3 is 169 Å². The quantitative estimate of drug-likeness (QED) is 0.105. The van der Waals surface area contributed by atoms with Gasteiger partial charge in [-0.05, 0) is 0 Å². The molecule has 0 rings (SSSR count). The summed E-state index contributed by atoms with van der Waals surface area (Å²) in [4.78, 5) is 0. The van der Waals surface area contributed by atoms with Crippen LogP contribution in [0.1, 0.15) is 0 Å². The molecule has 0 heterocycles. The Hall–Kier alpha value is 2.72. The van der Waals surface area contributed by atoms with Gasteiger partial charge in [-0.15, -0.1) is 0 Å². The largest absolute Gasteiger partial charge is 1.00 e. The molecule has 0 saturated heterocycles. The fourth-order valence-corrected chi connectivity index (χ4v) is 0. The van der Waals surface area contributed by atoms with Gasteiger partial charge in [0.1, 0.15) is 0 Å². The van der Waals surface area contributed by atoms with Crippen LogP contribution in [0.2, 0.25) is 0 Å². The van der Waals surface area contributed by atoms with Gasteiger partial charge in [0.05, 0.1) is 7.32 Å². The van der Waals surface area contributed by atoms with Crippen LogP contribution in [0.15, 0.2) is 0 Å². The summed E-state index contributed by atoms with van der Waals surface area (Å²) in [6.45, 7) is 0. The fourth-order valence-electron chi connectivity index (χ4n) is 0. The van der Waals surface area contributed by atoms with E-state index in [1.165, 1.54) is 0 Å². The third kappa shape index (κ3) is 10000. The number of rotatable bonds is 0. The monoisotopic (exact) mass is 696 g/mol. The van der Waals surface area contributed by atoms with Gasteiger partial charge in [0.25, 0.3) is 0 Å². The van der Waals surface area contributed by atoms with Gasteiger partial charge in [-0.2, -0.15) is 0 Å². The predicted octanol–water partition coefficient (Wildman–Crippen LogP) is -27.8. The minimum atomic E-state index is -2.67. The summed E-state index contributed by atoms with van der Waals surface area (Å²) >= 11 is 0. The summed E-state index contributed by atoms with van der Waals surface area (Å²) in [5.41, 5.74) is 0. The second kappa shape index (κ2) is 74.5. The van der Waals surface area contributed by atoms with Crippen molar-refractivity contribution in [3.63, 3.8) is 0 Å². The van der Waals surface area contributed by atoms with E-state index in [1.54, 1.807) is 0 Å². The topological polar surface area (TPSA) is 613 Å². The van der Waals surface area contributed by atoms with E-state index in [-0.39, 0.29) is 103 Å². The molecule has 0 bridgehead atoms. The average molecular weight is 695 g/mol. The summed E-state index contributed by atoms with van der Waals surface area (Å²) in [5.74, 6) is 0. The summed E-state index contributed by atoms with van der Waals surface area (Å²) < 4.78 is 0. The summed E-state index contributed by atoms with van der Waals surface area (Å²) in [5, 5.41) is 217. The van der Waals surface area contributed by atoms with Crippen molar-refractivity contribution >= 4 is 73.2 Å². The van der Waals surface area contributed by atoms with Gasteiger partial charge < -0.3 is 151 Å². The SMILES string of the molecule is OB(O)O.OB(O)O.OB(O)O.OB(O)O.OB(O)O.OB(O)O.OB(O)O.OB(O)O.OB(O)O.[K+].[K+].[O-]B([O-])O. The van der Waals surface area contributed by atoms with Crippen molar-refractivity contribution in [1.29, 1.82) is 0 Å². The van der Waals surface area contributed by atoms with Crippen LogP contribution in [-0.4, -0.2) is 214 Å². The Morgan fingerprint density at radius 3 is 0.190 bits per heavy atom. The first-order chi connectivity index (χ1) is 17.3. The van der Waals surface area contributed by atoms with Gasteiger partial charge in [0.15, 0.2) is 0 Å². The van der Waals surface area contributed by atoms with E-state index in [4.69, 9.17) is 151 Å². The molecule has 0 aromatic carbocycles. The van der Waals surface area contributed by atoms with Crippen molar-refractivity contribution in [2.24, 2.45) is 0 Å². The van der Waals surface area contributed by atoms with Crippen LogP contribution in [-0.2, 0) is 0 Å². The molecule has 0 saturated carbocycles. The first-order valence-electron chi connectivity index (χ1n) is 7.70. The molecule has 42 heavy (non-hydrogen) atoms. The van der Waals surface area contributed by atoms with Crippen LogP contribution in [0.3, 0.4) is 0 Å². The maximum Gasteiger partial charge on any atom is 1.00 e. The van der Waals surface area contributed by atoms with Crippen LogP contribution in [0, 0.1) is 0 Å². The van der Waals surface area contributed by atoms with Crippen molar-refractivity contribution < 1.29 is 253 Å². The third-order valence-corrected chi connectivity index (χ3v) is 0. The Bertz CT molecular complexity index is 191. The van der Waals surface area contributed by atoms with E-state index in [0.29, 0.717) is 0 Å². The molecule has 28 N–H and O–H groups in total. The summed E-state index contributed by atoms with van der Waals surface area (Å²) in [6, 6.07) is 0. The molecule has 0 aliphatic heterocycles. The molecule has 0 fully saturated rings. The van der Waals surface area contributed by atoms with Crippen LogP contribution >= 0.6 is 0 Å². The molecule has 42 heteroatoms. The normalized spacial score (nSPS) is 6.43. The number of hydrogen-bond donors (Lipinski definition) is 28. The van der Waals surface area contributed by atoms with Crippen LogP contribution < -0.4 is 113 Å². The zero-order chi connectivity index (χ0) is 35.8. The maximum atomic E-state index is 8.53. The minimum Gasteiger partial charge on any atom is -0.871 e. The molecular weight excluding hydrogens is 666 g/mol. The molecule has 30 nitrogen and oxygen atoms in total. The molecule has 0 aromatic heterocycles. The Balaban J connectivity index is -0.0000000237. The van der Waals surface area contributed by atoms with Crippen molar-refractivity contribution in [1.82, 2.24) is 0 Å². The van der Waals surface area contributed by atoms with Crippen LogP contribution in [0.4, 0.5) is 0 Å². The van der Waals surface area contributed by atoms with Crippen LogP contribution in [0.5, 0.6) is 0 Å². The number of hydrogen-bond acceptors (Lipinski definition) is 30. The molecule has 0 aromatic rings. The van der Waals surface area contributed by atoms with E-state index in [1.807, 2.05) is 0 Å². The molecule has 0 radical (unpaired) electrons. The van der Waals surface area contributed by atoms with E-state index in [0.717, 1.165) is 0 Å². The minimum absolute atomic E-state index is 0. The predicted molar refractivity (Wildman–Crippen MR) is 120 cm³/mol. The van der Waals surface area contributed by atoms with Crippen molar-refractivity contribution in [3.8, 4) is 0 Å². The Morgan fingerprint density at radius 2 is 0.190 bits per heavy atom. The van der Waals surface area contributed by atoms with Gasteiger partial charge in [0.2, 0.25) is 0 Å². The van der Waals surface area contributed by atoms with Crippen LogP contribution in [0.25, 0.3) is 0 Å². The van der Waals surface area contributed by atoms with Crippen molar-refractivity contribution in [2.45, 2.75) is 0 Å². The smallest absolute Gasteiger partial charge is 0.871 e. The Labute approximate surface area is 322 Å². The fraction of sp³-hybridized carbons (Fsp3) is 0. The standard InChI is InChI=1S/9BH3O3.BHO3.2K/c10*2-1(3)4;;/h9*2-4H;2H;;/q;;;;;;;;;-2;2*+1. The average Bonchev–Trinajstić information content (AvgIpc) is 2.47. The first kappa shape index (κ1) is 79.8. The van der Waals surface area contributed by atoms with Gasteiger partial charge in [-0.1, -0.05) is 0 Å². The van der Waals surface area contributed by atoms with E-state index >= 15 is 0 Å². The molecular formula is H28B10K2O30. The van der Waals surface area contributed by atoms with Gasteiger partial charge in [-0.3, -0.25) is 0 Å². The molecule has 0 aliphatic rings. The van der Waals surface area contributed by atoms with E-state index in [9.17, 15) is 0 Å². The molecule has 0 amide bonds. The molecule has 0 aliphatic carbocycles. The summed E-state index contributed by atoms with van der Waals surface area (Å²) in [7, 11) is -22.2. The van der Waals surface area contributed by atoms with Gasteiger partial charge in [-0.25, -0.2) is 0 Å². The molecule has 0 spiro atoms. The molecule has 0 unspecified atom stereocenters. The molecule has 0 atom stereocenters. The second-order valence-electron chi connectivity index (χ2n) is 3.42.